The molecule has 2 aromatic rings. The van der Waals surface area contributed by atoms with Crippen molar-refractivity contribution in [3.8, 4) is 0 Å². The first kappa shape index (κ1) is 17.2. The van der Waals surface area contributed by atoms with Crippen LogP contribution < -0.4 is 11.1 Å². The monoisotopic (exact) mass is 451 g/mol. The fourth-order valence-electron chi connectivity index (χ4n) is 1.62. The lowest BCUT2D eigenvalue weighted by atomic mass is 10.2. The van der Waals surface area contributed by atoms with Gasteiger partial charge in [-0.05, 0) is 34.0 Å². The van der Waals surface area contributed by atoms with Crippen LogP contribution in [0.2, 0.25) is 0 Å². The highest BCUT2D eigenvalue weighted by Crippen LogP contribution is 2.12. The molecule has 5 nitrogen and oxygen atoms in total. The smallest absolute Gasteiger partial charge is 0.188 e. The number of nitrogens with two attached hydrogens (primary N) is 1. The molecule has 0 unspecified atom stereocenters. The zero-order valence-corrected chi connectivity index (χ0v) is 15.4. The lowest BCUT2D eigenvalue weighted by molar-refractivity contribution is 0.621. The molecule has 0 fully saturated rings. The van der Waals surface area contributed by atoms with Crippen LogP contribution in [0.15, 0.2) is 34.0 Å². The van der Waals surface area contributed by atoms with E-state index in [1.54, 1.807) is 0 Å². The molecule has 7 heteroatoms. The molecular weight excluding hydrogens is 433 g/mol. The Morgan fingerprint density at radius 1 is 1.45 bits per heavy atom. The van der Waals surface area contributed by atoms with Crippen molar-refractivity contribution in [1.82, 2.24) is 14.7 Å². The number of hydrogen-bond donors (Lipinski definition) is 2. The second kappa shape index (κ2) is 7.82. The number of nitrogens with zero attached hydrogens (tertiary/aromatic N) is 3. The second-order valence-corrected chi connectivity index (χ2v) is 5.74. The molecule has 0 spiro atoms. The van der Waals surface area contributed by atoms with E-state index >= 15 is 0 Å². The molecule has 20 heavy (non-hydrogen) atoms. The summed E-state index contributed by atoms with van der Waals surface area (Å²) >= 11 is 3.43. The summed E-state index contributed by atoms with van der Waals surface area (Å²) in [5.74, 6) is 1.01. The van der Waals surface area contributed by atoms with Crippen LogP contribution in [0, 0.1) is 5.92 Å². The Balaban J connectivity index is 0.00000200. The van der Waals surface area contributed by atoms with E-state index in [1.165, 1.54) is 0 Å². The maximum atomic E-state index is 5.78. The summed E-state index contributed by atoms with van der Waals surface area (Å²) in [6, 6.07) is 3.92. The van der Waals surface area contributed by atoms with Crippen LogP contribution in [-0.2, 0) is 6.54 Å². The zero-order chi connectivity index (χ0) is 13.8. The van der Waals surface area contributed by atoms with E-state index in [1.807, 2.05) is 28.9 Å². The van der Waals surface area contributed by atoms with E-state index in [9.17, 15) is 0 Å². The third-order valence-electron chi connectivity index (χ3n) is 2.57. The second-order valence-electron chi connectivity index (χ2n) is 4.82. The molecule has 0 aromatic carbocycles. The predicted octanol–water partition coefficient (Wildman–Crippen LogP) is 2.78. The van der Waals surface area contributed by atoms with Crippen molar-refractivity contribution >= 4 is 51.5 Å². The molecular formula is C13H19BrIN5. The number of aromatic nitrogens is 2. The van der Waals surface area contributed by atoms with Crippen molar-refractivity contribution in [2.24, 2.45) is 16.6 Å². The standard InChI is InChI=1S/C13H18BrN5.HI/c1-9(2)5-16-13(15)17-6-11-8-19-7-10(14)3-4-12(19)18-11;/h3-4,7-9H,5-6H2,1-2H3,(H3,15,16,17);1H. The van der Waals surface area contributed by atoms with Crippen LogP contribution in [0.3, 0.4) is 0 Å². The first-order valence-electron chi connectivity index (χ1n) is 6.21. The maximum absolute atomic E-state index is 5.78. The van der Waals surface area contributed by atoms with Crippen LogP contribution in [0.5, 0.6) is 0 Å². The van der Waals surface area contributed by atoms with Crippen molar-refractivity contribution in [1.29, 1.82) is 0 Å². The van der Waals surface area contributed by atoms with E-state index in [2.05, 4.69) is 45.1 Å². The number of aliphatic imine (C=N–C) groups is 1. The molecule has 0 amide bonds. The van der Waals surface area contributed by atoms with E-state index < -0.39 is 0 Å². The van der Waals surface area contributed by atoms with Gasteiger partial charge in [0.1, 0.15) is 5.65 Å². The van der Waals surface area contributed by atoms with Crippen molar-refractivity contribution in [2.75, 3.05) is 6.54 Å². The summed E-state index contributed by atoms with van der Waals surface area (Å²) in [6.07, 6.45) is 3.93. The van der Waals surface area contributed by atoms with E-state index in [0.29, 0.717) is 18.4 Å². The van der Waals surface area contributed by atoms with E-state index in [4.69, 9.17) is 5.73 Å². The minimum Gasteiger partial charge on any atom is -0.370 e. The number of pyridine rings is 1. The lowest BCUT2D eigenvalue weighted by Gasteiger charge is -2.07. The fourth-order valence-corrected chi connectivity index (χ4v) is 1.98. The molecule has 2 aromatic heterocycles. The quantitative estimate of drug-likeness (QED) is 0.426. The molecule has 2 rings (SSSR count). The van der Waals surface area contributed by atoms with Gasteiger partial charge in [0.15, 0.2) is 5.96 Å². The van der Waals surface area contributed by atoms with Gasteiger partial charge in [-0.1, -0.05) is 13.8 Å². The molecule has 0 aliphatic carbocycles. The first-order chi connectivity index (χ1) is 9.04. The summed E-state index contributed by atoms with van der Waals surface area (Å²) in [6.45, 7) is 5.56. The molecule has 3 N–H and O–H groups in total. The molecule has 2 heterocycles. The minimum absolute atomic E-state index is 0. The van der Waals surface area contributed by atoms with Gasteiger partial charge in [0, 0.05) is 23.4 Å². The summed E-state index contributed by atoms with van der Waals surface area (Å²) in [5, 5.41) is 3.08. The summed E-state index contributed by atoms with van der Waals surface area (Å²) < 4.78 is 2.98. The van der Waals surface area contributed by atoms with Crippen molar-refractivity contribution < 1.29 is 0 Å². The van der Waals surface area contributed by atoms with Crippen LogP contribution in [-0.4, -0.2) is 21.9 Å². The molecule has 0 aliphatic rings. The number of rotatable bonds is 4. The van der Waals surface area contributed by atoms with Gasteiger partial charge in [-0.2, -0.15) is 0 Å². The molecule has 0 saturated carbocycles. The summed E-state index contributed by atoms with van der Waals surface area (Å²) in [4.78, 5) is 8.75. The molecule has 0 atom stereocenters. The van der Waals surface area contributed by atoms with Gasteiger partial charge in [-0.3, -0.25) is 0 Å². The highest BCUT2D eigenvalue weighted by Gasteiger charge is 2.02. The predicted molar refractivity (Wildman–Crippen MR) is 96.5 cm³/mol. The Bertz CT molecular complexity index is 593. The van der Waals surface area contributed by atoms with Crippen LogP contribution in [0.1, 0.15) is 19.5 Å². The lowest BCUT2D eigenvalue weighted by Crippen LogP contribution is -2.34. The molecule has 0 bridgehead atoms. The zero-order valence-electron chi connectivity index (χ0n) is 11.5. The number of halogens is 2. The van der Waals surface area contributed by atoms with Crippen molar-refractivity contribution in [3.63, 3.8) is 0 Å². The highest BCUT2D eigenvalue weighted by molar-refractivity contribution is 14.0. The number of guanidine groups is 1. The molecule has 110 valence electrons. The van der Waals surface area contributed by atoms with Gasteiger partial charge < -0.3 is 15.5 Å². The van der Waals surface area contributed by atoms with E-state index in [0.717, 1.165) is 22.4 Å². The van der Waals surface area contributed by atoms with Crippen molar-refractivity contribution in [2.45, 2.75) is 20.4 Å². The molecule has 0 radical (unpaired) electrons. The summed E-state index contributed by atoms with van der Waals surface area (Å²) in [7, 11) is 0. The van der Waals surface area contributed by atoms with Crippen LogP contribution >= 0.6 is 39.9 Å². The average molecular weight is 452 g/mol. The largest absolute Gasteiger partial charge is 0.370 e. The number of imidazole rings is 1. The van der Waals surface area contributed by atoms with Gasteiger partial charge in [0.05, 0.1) is 12.2 Å². The van der Waals surface area contributed by atoms with E-state index in [-0.39, 0.29) is 24.0 Å². The number of hydrogen-bond acceptors (Lipinski definition) is 2. The van der Waals surface area contributed by atoms with Gasteiger partial charge in [-0.25, -0.2) is 9.98 Å². The number of fused-ring (bicyclic) bond motifs is 1. The maximum Gasteiger partial charge on any atom is 0.188 e. The number of nitrogens with one attached hydrogen (secondary N) is 1. The van der Waals surface area contributed by atoms with Crippen LogP contribution in [0.25, 0.3) is 5.65 Å². The van der Waals surface area contributed by atoms with Crippen LogP contribution in [0.4, 0.5) is 0 Å². The van der Waals surface area contributed by atoms with Gasteiger partial charge in [0.2, 0.25) is 0 Å². The Morgan fingerprint density at radius 2 is 2.20 bits per heavy atom. The third-order valence-corrected chi connectivity index (χ3v) is 3.04. The third kappa shape index (κ3) is 4.93. The van der Waals surface area contributed by atoms with Gasteiger partial charge >= 0.3 is 0 Å². The summed E-state index contributed by atoms with van der Waals surface area (Å²) in [5.41, 5.74) is 7.59. The Kier molecular flexibility index (Phi) is 6.74. The Labute approximate surface area is 144 Å². The highest BCUT2D eigenvalue weighted by atomic mass is 127. The minimum atomic E-state index is 0. The average Bonchev–Trinajstić information content (AvgIpc) is 2.75. The van der Waals surface area contributed by atoms with Gasteiger partial charge in [0.25, 0.3) is 0 Å². The first-order valence-corrected chi connectivity index (χ1v) is 7.01. The normalized spacial score (nSPS) is 11.7. The van der Waals surface area contributed by atoms with Crippen molar-refractivity contribution in [3.05, 3.63) is 34.7 Å². The molecule has 0 saturated heterocycles. The Morgan fingerprint density at radius 3 is 2.90 bits per heavy atom. The topological polar surface area (TPSA) is 67.7 Å². The fraction of sp³-hybridized carbons (Fsp3) is 0.385. The SMILES string of the molecule is CC(C)CNC(N)=NCc1cn2cc(Br)ccc2n1.I. The molecule has 0 aliphatic heterocycles. The Hall–Kier alpha value is -0.830. The van der Waals surface area contributed by atoms with Gasteiger partial charge in [-0.15, -0.1) is 24.0 Å².